The Balaban J connectivity index is 1.74. The maximum absolute atomic E-state index is 11.9. The fourth-order valence-corrected chi connectivity index (χ4v) is 3.50. The maximum Gasteiger partial charge on any atom is 0.636 e. The van der Waals surface area contributed by atoms with E-state index in [0.717, 1.165) is 18.7 Å². The summed E-state index contributed by atoms with van der Waals surface area (Å²) in [6.07, 6.45) is 2.41. The molecule has 25 heavy (non-hydrogen) atoms. The van der Waals surface area contributed by atoms with Crippen molar-refractivity contribution in [3.8, 4) is 0 Å². The first-order valence-electron chi connectivity index (χ1n) is 8.52. The van der Waals surface area contributed by atoms with Crippen molar-refractivity contribution in [3.05, 3.63) is 28.8 Å². The second kappa shape index (κ2) is 7.76. The Morgan fingerprint density at radius 2 is 1.92 bits per heavy atom. The Hall–Kier alpha value is -1.57. The summed E-state index contributed by atoms with van der Waals surface area (Å²) in [6.45, 7) is 4.17. The van der Waals surface area contributed by atoms with Crippen molar-refractivity contribution < 1.29 is 18.9 Å². The van der Waals surface area contributed by atoms with Crippen LogP contribution in [0, 0.1) is 0 Å². The summed E-state index contributed by atoms with van der Waals surface area (Å²) in [4.78, 5) is 27.7. The number of rotatable bonds is 3. The van der Waals surface area contributed by atoms with Crippen LogP contribution in [0.5, 0.6) is 0 Å². The molecule has 0 saturated carbocycles. The first kappa shape index (κ1) is 18.2. The highest BCUT2D eigenvalue weighted by Gasteiger charge is 2.34. The lowest BCUT2D eigenvalue weighted by Gasteiger charge is -2.24. The van der Waals surface area contributed by atoms with Gasteiger partial charge in [0.05, 0.1) is 13.1 Å². The summed E-state index contributed by atoms with van der Waals surface area (Å²) in [5.41, 5.74) is 1.58. The van der Waals surface area contributed by atoms with Crippen molar-refractivity contribution in [2.24, 2.45) is 0 Å². The summed E-state index contributed by atoms with van der Waals surface area (Å²) in [5.74, 6) is -0.878. The van der Waals surface area contributed by atoms with E-state index >= 15 is 0 Å². The topological polar surface area (TPSA) is 59.1 Å². The number of hydrogen-bond donors (Lipinski definition) is 0. The molecule has 0 spiro atoms. The van der Waals surface area contributed by atoms with Gasteiger partial charge in [0.25, 0.3) is 0 Å². The number of hydrogen-bond acceptors (Lipinski definition) is 6. The van der Waals surface area contributed by atoms with E-state index in [4.69, 9.17) is 20.9 Å². The zero-order valence-corrected chi connectivity index (χ0v) is 15.3. The number of carbonyl (C=O) groups excluding carboxylic acids is 2. The average molecular weight is 365 g/mol. The highest BCUT2D eigenvalue weighted by molar-refractivity contribution is 6.64. The predicted octanol–water partition coefficient (Wildman–Crippen LogP) is 1.05. The molecule has 2 aliphatic rings. The van der Waals surface area contributed by atoms with Gasteiger partial charge in [-0.05, 0) is 45.0 Å². The van der Waals surface area contributed by atoms with Crippen molar-refractivity contribution in [1.29, 1.82) is 0 Å². The molecule has 1 aromatic rings. The number of nitrogens with zero attached hydrogens (tertiary/aromatic N) is 2. The second-order valence-corrected chi connectivity index (χ2v) is 7.20. The molecule has 0 amide bonds. The highest BCUT2D eigenvalue weighted by Crippen LogP contribution is 2.23. The molecule has 1 aromatic carbocycles. The van der Waals surface area contributed by atoms with Crippen LogP contribution in [0.1, 0.15) is 25.3 Å². The van der Waals surface area contributed by atoms with E-state index in [2.05, 4.69) is 11.8 Å². The zero-order chi connectivity index (χ0) is 18.0. The van der Waals surface area contributed by atoms with Gasteiger partial charge in [-0.3, -0.25) is 19.4 Å². The third-order valence-corrected chi connectivity index (χ3v) is 5.04. The van der Waals surface area contributed by atoms with Crippen molar-refractivity contribution in [3.63, 3.8) is 0 Å². The van der Waals surface area contributed by atoms with E-state index in [0.29, 0.717) is 16.5 Å². The van der Waals surface area contributed by atoms with Gasteiger partial charge in [0, 0.05) is 23.1 Å². The van der Waals surface area contributed by atoms with E-state index < -0.39 is 19.1 Å². The van der Waals surface area contributed by atoms with Gasteiger partial charge in [-0.2, -0.15) is 0 Å². The molecule has 2 aliphatic heterocycles. The average Bonchev–Trinajstić information content (AvgIpc) is 2.92. The van der Waals surface area contributed by atoms with Gasteiger partial charge >= 0.3 is 19.1 Å². The lowest BCUT2D eigenvalue weighted by atomic mass is 9.78. The smallest absolute Gasteiger partial charge is 0.494 e. The fraction of sp³-hybridized carbons (Fsp3) is 0.529. The number of carbonyl (C=O) groups is 2. The predicted molar refractivity (Wildman–Crippen MR) is 95.6 cm³/mol. The van der Waals surface area contributed by atoms with Crippen LogP contribution in [-0.2, 0) is 25.4 Å². The summed E-state index contributed by atoms with van der Waals surface area (Å²) in [7, 11) is 0.611. The first-order chi connectivity index (χ1) is 11.9. The minimum Gasteiger partial charge on any atom is -0.494 e. The monoisotopic (exact) mass is 364 g/mol. The van der Waals surface area contributed by atoms with Gasteiger partial charge < -0.3 is 9.31 Å². The third kappa shape index (κ3) is 4.54. The minimum absolute atomic E-state index is 0.0459. The molecule has 134 valence electrons. The molecule has 0 aliphatic carbocycles. The molecule has 8 heteroatoms. The van der Waals surface area contributed by atoms with Crippen LogP contribution in [0.3, 0.4) is 0 Å². The van der Waals surface area contributed by atoms with Crippen LogP contribution < -0.4 is 5.46 Å². The van der Waals surface area contributed by atoms with Gasteiger partial charge in [0.2, 0.25) is 0 Å². The summed E-state index contributed by atoms with van der Waals surface area (Å²) in [6, 6.07) is 5.99. The number of benzene rings is 1. The molecule has 0 N–H and O–H groups in total. The van der Waals surface area contributed by atoms with Crippen LogP contribution in [0.2, 0.25) is 5.02 Å². The van der Waals surface area contributed by atoms with Crippen molar-refractivity contribution in [2.75, 3.05) is 26.7 Å². The number of likely N-dealkylation sites (tertiary alicyclic amines) is 1. The summed E-state index contributed by atoms with van der Waals surface area (Å²) >= 11 is 6.43. The molecule has 0 bridgehead atoms. The standard InChI is InChI=1S/C17H22BClN2O4/c1-12-4-3-7-21(12)9-13-5-6-14(8-15(13)19)18-24-16(22)10-20(2)11-17(23)25-18/h5-6,8,12H,3-4,7,9-11H2,1-2H3/t12-/m1/s1. The lowest BCUT2D eigenvalue weighted by molar-refractivity contribution is -0.145. The summed E-state index contributed by atoms with van der Waals surface area (Å²) < 4.78 is 10.5. The Bertz CT molecular complexity index is 652. The van der Waals surface area contributed by atoms with Crippen LogP contribution >= 0.6 is 11.6 Å². The Kier molecular flexibility index (Phi) is 5.66. The zero-order valence-electron chi connectivity index (χ0n) is 14.5. The maximum atomic E-state index is 11.9. The Morgan fingerprint density at radius 1 is 1.24 bits per heavy atom. The third-order valence-electron chi connectivity index (χ3n) is 4.69. The van der Waals surface area contributed by atoms with Gasteiger partial charge in [0.15, 0.2) is 0 Å². The van der Waals surface area contributed by atoms with Crippen molar-refractivity contribution in [2.45, 2.75) is 32.4 Å². The normalized spacial score (nSPS) is 23.2. The van der Waals surface area contributed by atoms with Crippen LogP contribution in [-0.4, -0.2) is 61.6 Å². The molecule has 2 fully saturated rings. The molecule has 0 radical (unpaired) electrons. The molecule has 3 rings (SSSR count). The minimum atomic E-state index is -1.05. The number of halogens is 1. The molecule has 1 atom stereocenters. The van der Waals surface area contributed by atoms with Crippen LogP contribution in [0.15, 0.2) is 18.2 Å². The first-order valence-corrected chi connectivity index (χ1v) is 8.90. The van der Waals surface area contributed by atoms with E-state index in [9.17, 15) is 9.59 Å². The van der Waals surface area contributed by atoms with Gasteiger partial charge in [0.1, 0.15) is 0 Å². The molecule has 0 unspecified atom stereocenters. The Morgan fingerprint density at radius 3 is 2.48 bits per heavy atom. The van der Waals surface area contributed by atoms with Crippen molar-refractivity contribution in [1.82, 2.24) is 9.80 Å². The SMILES string of the molecule is C[C@@H]1CCCN1Cc1ccc(B2OC(=O)CN(C)CC(=O)O2)cc1Cl. The summed E-state index contributed by atoms with van der Waals surface area (Å²) in [5, 5.41) is 0.586. The van der Waals surface area contributed by atoms with E-state index in [1.54, 1.807) is 24.1 Å². The van der Waals surface area contributed by atoms with E-state index in [1.807, 2.05) is 6.07 Å². The molecule has 2 heterocycles. The second-order valence-electron chi connectivity index (χ2n) is 6.80. The molecule has 0 aromatic heterocycles. The Labute approximate surface area is 153 Å². The van der Waals surface area contributed by atoms with Gasteiger partial charge in [-0.25, -0.2) is 0 Å². The molecular formula is C17H22BClN2O4. The fourth-order valence-electron chi connectivity index (χ4n) is 3.25. The van der Waals surface area contributed by atoms with Crippen LogP contribution in [0.4, 0.5) is 0 Å². The van der Waals surface area contributed by atoms with Crippen LogP contribution in [0.25, 0.3) is 0 Å². The molecular weight excluding hydrogens is 342 g/mol. The van der Waals surface area contributed by atoms with Gasteiger partial charge in [-0.15, -0.1) is 0 Å². The van der Waals surface area contributed by atoms with Crippen molar-refractivity contribution >= 4 is 36.1 Å². The van der Waals surface area contributed by atoms with E-state index in [-0.39, 0.29) is 13.1 Å². The van der Waals surface area contributed by atoms with E-state index in [1.165, 1.54) is 12.8 Å². The van der Waals surface area contributed by atoms with Gasteiger partial charge in [-0.1, -0.05) is 23.7 Å². The quantitative estimate of drug-likeness (QED) is 0.747. The number of likely N-dealkylation sites (N-methyl/N-ethyl adjacent to an activating group) is 1. The molecule has 2 saturated heterocycles. The highest BCUT2D eigenvalue weighted by atomic mass is 35.5. The lowest BCUT2D eigenvalue weighted by Crippen LogP contribution is -2.47. The molecule has 6 nitrogen and oxygen atoms in total. The largest absolute Gasteiger partial charge is 0.636 e.